The fraction of sp³-hybridized carbons (Fsp3) is 0.105. The van der Waals surface area contributed by atoms with Crippen LogP contribution in [0.1, 0.15) is 27.2 Å². The van der Waals surface area contributed by atoms with Gasteiger partial charge in [0.25, 0.3) is 5.91 Å². The van der Waals surface area contributed by atoms with E-state index in [9.17, 15) is 4.79 Å². The zero-order chi connectivity index (χ0) is 17.2. The fourth-order valence-corrected chi connectivity index (χ4v) is 3.23. The molecule has 0 saturated heterocycles. The van der Waals surface area contributed by atoms with Gasteiger partial charge in [0.2, 0.25) is 0 Å². The molecule has 25 heavy (non-hydrogen) atoms. The second kappa shape index (κ2) is 6.53. The van der Waals surface area contributed by atoms with E-state index in [0.717, 1.165) is 35.2 Å². The average molecular weight is 351 g/mol. The minimum Gasteiger partial charge on any atom is -0.272 e. The topological polar surface area (TPSA) is 70.1 Å². The zero-order valence-corrected chi connectivity index (χ0v) is 14.0. The highest BCUT2D eigenvalue weighted by atomic mass is 35.5. The van der Waals surface area contributed by atoms with Gasteiger partial charge in [-0.2, -0.15) is 10.2 Å². The third-order valence-corrected chi connectivity index (χ3v) is 4.63. The van der Waals surface area contributed by atoms with Crippen LogP contribution in [0.3, 0.4) is 0 Å². The summed E-state index contributed by atoms with van der Waals surface area (Å²) in [4.78, 5) is 12.4. The number of aryl methyl sites for hydroxylation is 1. The highest BCUT2D eigenvalue weighted by molar-refractivity contribution is 6.33. The van der Waals surface area contributed by atoms with Gasteiger partial charge in [-0.05, 0) is 24.5 Å². The molecule has 1 aromatic heterocycles. The lowest BCUT2D eigenvalue weighted by Gasteiger charge is -2.15. The van der Waals surface area contributed by atoms with Crippen molar-refractivity contribution in [2.45, 2.75) is 12.8 Å². The molecule has 0 unspecified atom stereocenters. The lowest BCUT2D eigenvalue weighted by Crippen LogP contribution is -2.20. The van der Waals surface area contributed by atoms with Gasteiger partial charge in [-0.15, -0.1) is 0 Å². The number of carbonyl (C=O) groups excluding carboxylic acids is 1. The maximum Gasteiger partial charge on any atom is 0.289 e. The summed E-state index contributed by atoms with van der Waals surface area (Å²) in [5.74, 6) is -0.309. The summed E-state index contributed by atoms with van der Waals surface area (Å²) < 4.78 is 0. The molecule has 5 nitrogen and oxygen atoms in total. The third-order valence-electron chi connectivity index (χ3n) is 4.29. The molecule has 0 radical (unpaired) electrons. The zero-order valence-electron chi connectivity index (χ0n) is 13.3. The molecule has 6 heteroatoms. The fourth-order valence-electron chi connectivity index (χ4n) is 3.04. The van der Waals surface area contributed by atoms with E-state index in [0.29, 0.717) is 10.7 Å². The van der Waals surface area contributed by atoms with E-state index in [2.05, 4.69) is 26.8 Å². The Balaban J connectivity index is 1.55. The van der Waals surface area contributed by atoms with E-state index >= 15 is 0 Å². The Hall–Kier alpha value is -2.92. The SMILES string of the molecule is O=C(N/N=C/c1ccccc1Cl)c1[nH]nc2c1CCc1ccccc1-2. The molecule has 0 saturated carbocycles. The van der Waals surface area contributed by atoms with Crippen LogP contribution >= 0.6 is 11.6 Å². The largest absolute Gasteiger partial charge is 0.289 e. The van der Waals surface area contributed by atoms with Crippen molar-refractivity contribution in [1.82, 2.24) is 15.6 Å². The number of nitrogens with one attached hydrogen (secondary N) is 2. The number of amides is 1. The highest BCUT2D eigenvalue weighted by Crippen LogP contribution is 2.33. The van der Waals surface area contributed by atoms with Gasteiger partial charge in [-0.25, -0.2) is 5.43 Å². The minimum absolute atomic E-state index is 0.309. The van der Waals surface area contributed by atoms with Crippen LogP contribution in [0, 0.1) is 0 Å². The Morgan fingerprint density at radius 2 is 1.96 bits per heavy atom. The molecule has 1 amide bonds. The van der Waals surface area contributed by atoms with Gasteiger partial charge < -0.3 is 0 Å². The number of aromatic amines is 1. The van der Waals surface area contributed by atoms with E-state index in [4.69, 9.17) is 11.6 Å². The van der Waals surface area contributed by atoms with Gasteiger partial charge in [-0.1, -0.05) is 54.1 Å². The molecule has 0 spiro atoms. The molecular formula is C19H15ClN4O. The summed E-state index contributed by atoms with van der Waals surface area (Å²) in [7, 11) is 0. The first-order valence-corrected chi connectivity index (χ1v) is 8.35. The average Bonchev–Trinajstić information content (AvgIpc) is 3.08. The lowest BCUT2D eigenvalue weighted by atomic mass is 9.89. The van der Waals surface area contributed by atoms with Crippen LogP contribution in [-0.4, -0.2) is 22.3 Å². The second-order valence-electron chi connectivity index (χ2n) is 5.80. The van der Waals surface area contributed by atoms with Crippen LogP contribution in [0.15, 0.2) is 53.6 Å². The number of rotatable bonds is 3. The first-order valence-electron chi connectivity index (χ1n) is 7.97. The van der Waals surface area contributed by atoms with Crippen molar-refractivity contribution < 1.29 is 4.79 Å². The Morgan fingerprint density at radius 3 is 2.84 bits per heavy atom. The Labute approximate surface area is 149 Å². The third kappa shape index (κ3) is 2.94. The van der Waals surface area contributed by atoms with Crippen LogP contribution in [0.5, 0.6) is 0 Å². The molecule has 0 aliphatic heterocycles. The predicted molar refractivity (Wildman–Crippen MR) is 97.9 cm³/mol. The summed E-state index contributed by atoms with van der Waals surface area (Å²) in [6.07, 6.45) is 3.20. The van der Waals surface area contributed by atoms with Gasteiger partial charge in [0, 0.05) is 21.7 Å². The molecule has 0 bridgehead atoms. The monoisotopic (exact) mass is 350 g/mol. The van der Waals surface area contributed by atoms with Gasteiger partial charge in [0.1, 0.15) is 5.69 Å². The van der Waals surface area contributed by atoms with Crippen LogP contribution in [-0.2, 0) is 12.8 Å². The molecule has 124 valence electrons. The molecule has 2 aromatic carbocycles. The molecule has 1 heterocycles. The number of nitrogens with zero attached hydrogens (tertiary/aromatic N) is 2. The van der Waals surface area contributed by atoms with E-state index in [1.165, 1.54) is 11.8 Å². The summed E-state index contributed by atoms with van der Waals surface area (Å²) in [5, 5.41) is 11.8. The predicted octanol–water partition coefficient (Wildman–Crippen LogP) is 3.59. The summed E-state index contributed by atoms with van der Waals surface area (Å²) in [6.45, 7) is 0. The molecule has 2 N–H and O–H groups in total. The van der Waals surface area contributed by atoms with Crippen molar-refractivity contribution in [1.29, 1.82) is 0 Å². The molecule has 0 atom stereocenters. The second-order valence-corrected chi connectivity index (χ2v) is 6.21. The van der Waals surface area contributed by atoms with Crippen LogP contribution in [0.25, 0.3) is 11.3 Å². The Morgan fingerprint density at radius 1 is 1.16 bits per heavy atom. The molecule has 1 aliphatic rings. The molecular weight excluding hydrogens is 336 g/mol. The summed E-state index contributed by atoms with van der Waals surface area (Å²) >= 11 is 6.06. The smallest absolute Gasteiger partial charge is 0.272 e. The van der Waals surface area contributed by atoms with Crippen molar-refractivity contribution in [2.75, 3.05) is 0 Å². The number of benzene rings is 2. The lowest BCUT2D eigenvalue weighted by molar-refractivity contribution is 0.0949. The summed E-state index contributed by atoms with van der Waals surface area (Å²) in [6, 6.07) is 15.4. The van der Waals surface area contributed by atoms with E-state index < -0.39 is 0 Å². The number of hydrazone groups is 1. The number of hydrogen-bond acceptors (Lipinski definition) is 3. The minimum atomic E-state index is -0.309. The number of hydrogen-bond donors (Lipinski definition) is 2. The van der Waals surface area contributed by atoms with Gasteiger partial charge in [0.15, 0.2) is 0 Å². The van der Waals surface area contributed by atoms with E-state index in [1.807, 2.05) is 36.4 Å². The van der Waals surface area contributed by atoms with Crippen molar-refractivity contribution >= 4 is 23.7 Å². The summed E-state index contributed by atoms with van der Waals surface area (Å²) in [5.41, 5.74) is 7.86. The van der Waals surface area contributed by atoms with Crippen molar-refractivity contribution in [2.24, 2.45) is 5.10 Å². The van der Waals surface area contributed by atoms with E-state index in [1.54, 1.807) is 6.07 Å². The Kier molecular flexibility index (Phi) is 4.07. The number of aromatic nitrogens is 2. The van der Waals surface area contributed by atoms with Crippen molar-refractivity contribution in [3.63, 3.8) is 0 Å². The van der Waals surface area contributed by atoms with Crippen LogP contribution in [0.2, 0.25) is 5.02 Å². The van der Waals surface area contributed by atoms with Gasteiger partial charge in [0.05, 0.1) is 11.9 Å². The first-order chi connectivity index (χ1) is 12.2. The van der Waals surface area contributed by atoms with Crippen molar-refractivity contribution in [3.8, 4) is 11.3 Å². The van der Waals surface area contributed by atoms with Crippen LogP contribution in [0.4, 0.5) is 0 Å². The van der Waals surface area contributed by atoms with Gasteiger partial charge >= 0.3 is 0 Å². The van der Waals surface area contributed by atoms with Crippen LogP contribution < -0.4 is 5.43 Å². The quantitative estimate of drug-likeness (QED) is 0.559. The normalized spacial score (nSPS) is 12.7. The molecule has 1 aliphatic carbocycles. The first kappa shape index (κ1) is 15.6. The maximum absolute atomic E-state index is 12.4. The van der Waals surface area contributed by atoms with Crippen molar-refractivity contribution in [3.05, 3.63) is 75.9 Å². The Bertz CT molecular complexity index is 977. The number of carbonyl (C=O) groups is 1. The number of H-pyrrole nitrogens is 1. The number of halogens is 1. The standard InChI is InChI=1S/C19H15ClN4O/c20-16-8-4-2-6-13(16)11-21-24-19(25)18-15-10-9-12-5-1-3-7-14(12)17(15)22-23-18/h1-8,11H,9-10H2,(H,22,23)(H,24,25)/b21-11+. The highest BCUT2D eigenvalue weighted by Gasteiger charge is 2.24. The van der Waals surface area contributed by atoms with Gasteiger partial charge in [-0.3, -0.25) is 9.89 Å². The molecule has 3 aromatic rings. The molecule has 0 fully saturated rings. The van der Waals surface area contributed by atoms with E-state index in [-0.39, 0.29) is 5.91 Å². The number of fused-ring (bicyclic) bond motifs is 3. The maximum atomic E-state index is 12.4. The molecule has 4 rings (SSSR count).